The van der Waals surface area contributed by atoms with Crippen molar-refractivity contribution in [2.45, 2.75) is 0 Å². The zero-order chi connectivity index (χ0) is 8.08. The molecular formula is H8BLiO7Si. The quantitative estimate of drug-likeness (QED) is 0.177. The molecule has 0 radical (unpaired) electrons. The predicted octanol–water partition coefficient (Wildman–Crippen LogP) is -7.54. The fourth-order valence-corrected chi connectivity index (χ4v) is 0. The molecule has 7 nitrogen and oxygen atoms in total. The van der Waals surface area contributed by atoms with Gasteiger partial charge in [0, 0.05) is 0 Å². The van der Waals surface area contributed by atoms with Crippen molar-refractivity contribution in [3.05, 3.63) is 0 Å². The standard InChI is InChI=1S/BH3O3.Li.H4O4Si.H/c2-1(3)4;;1-5(2,3)4;/h2-4H;;1-4H;/q;+1;;-1. The van der Waals surface area contributed by atoms with Crippen molar-refractivity contribution < 1.29 is 54.5 Å². The van der Waals surface area contributed by atoms with E-state index in [0.29, 0.717) is 0 Å². The van der Waals surface area contributed by atoms with Crippen LogP contribution >= 0.6 is 0 Å². The SMILES string of the molecule is OB(O)O.O[Si](O)(O)O.[H-].[Li+]. The third-order valence-corrected chi connectivity index (χ3v) is 0. The maximum Gasteiger partial charge on any atom is 1.00 e. The monoisotopic (exact) mass is 166 g/mol. The van der Waals surface area contributed by atoms with Gasteiger partial charge in [0.25, 0.3) is 0 Å². The van der Waals surface area contributed by atoms with Crippen molar-refractivity contribution in [2.24, 2.45) is 0 Å². The van der Waals surface area contributed by atoms with Crippen molar-refractivity contribution in [1.82, 2.24) is 0 Å². The van der Waals surface area contributed by atoms with Gasteiger partial charge < -0.3 is 35.7 Å². The summed E-state index contributed by atoms with van der Waals surface area (Å²) in [5.41, 5.74) is 0. The summed E-state index contributed by atoms with van der Waals surface area (Å²) in [4.78, 5) is 29.3. The first-order valence-electron chi connectivity index (χ1n) is 1.67. The van der Waals surface area contributed by atoms with Gasteiger partial charge in [0.15, 0.2) is 0 Å². The Kier molecular flexibility index (Phi) is 13.0. The van der Waals surface area contributed by atoms with E-state index in [4.69, 9.17) is 34.3 Å². The summed E-state index contributed by atoms with van der Waals surface area (Å²) in [7, 11) is -6.78. The van der Waals surface area contributed by atoms with E-state index in [-0.39, 0.29) is 20.3 Å². The van der Waals surface area contributed by atoms with Gasteiger partial charge in [0.2, 0.25) is 0 Å². The average molecular weight is 166 g/mol. The first-order valence-corrected chi connectivity index (χ1v) is 3.46. The molecule has 10 heteroatoms. The topological polar surface area (TPSA) is 142 Å². The molecule has 0 aliphatic heterocycles. The molecule has 0 fully saturated rings. The molecule has 0 saturated heterocycles. The van der Waals surface area contributed by atoms with Crippen LogP contribution in [-0.2, 0) is 0 Å². The van der Waals surface area contributed by atoms with E-state index in [0.717, 1.165) is 0 Å². The summed E-state index contributed by atoms with van der Waals surface area (Å²) in [6.45, 7) is 0. The van der Waals surface area contributed by atoms with E-state index in [1.807, 2.05) is 0 Å². The number of hydrogen-bond acceptors (Lipinski definition) is 7. The third-order valence-electron chi connectivity index (χ3n) is 0. The second-order valence-corrected chi connectivity index (χ2v) is 2.15. The molecule has 0 spiro atoms. The van der Waals surface area contributed by atoms with Gasteiger partial charge in [-0.2, -0.15) is 0 Å². The molecule has 58 valence electrons. The molecule has 0 bridgehead atoms. The number of rotatable bonds is 0. The molecule has 0 aliphatic carbocycles. The van der Waals surface area contributed by atoms with Crippen molar-refractivity contribution in [1.29, 1.82) is 0 Å². The third kappa shape index (κ3) is 1380. The van der Waals surface area contributed by atoms with Crippen molar-refractivity contribution in [3.8, 4) is 0 Å². The van der Waals surface area contributed by atoms with Crippen molar-refractivity contribution >= 4 is 16.4 Å². The van der Waals surface area contributed by atoms with Crippen LogP contribution in [-0.4, -0.2) is 50.6 Å². The summed E-state index contributed by atoms with van der Waals surface area (Å²) < 4.78 is 0. The Bertz CT molecular complexity index is 55.2. The minimum atomic E-state index is -4.61. The van der Waals surface area contributed by atoms with E-state index >= 15 is 0 Å². The van der Waals surface area contributed by atoms with E-state index in [1.54, 1.807) is 0 Å². The van der Waals surface area contributed by atoms with Crippen LogP contribution in [0.2, 0.25) is 0 Å². The predicted molar refractivity (Wildman–Crippen MR) is 28.2 cm³/mol. The van der Waals surface area contributed by atoms with Crippen LogP contribution in [0.15, 0.2) is 0 Å². The van der Waals surface area contributed by atoms with Crippen LogP contribution in [0, 0.1) is 0 Å². The fourth-order valence-electron chi connectivity index (χ4n) is 0. The Labute approximate surface area is 71.5 Å². The summed E-state index contributed by atoms with van der Waals surface area (Å²) in [6, 6.07) is 0. The van der Waals surface area contributed by atoms with Crippen molar-refractivity contribution in [2.75, 3.05) is 0 Å². The number of hydrogen-bond donors (Lipinski definition) is 7. The molecular weight excluding hydrogens is 158 g/mol. The maximum absolute atomic E-state index is 7.33. The Morgan fingerprint density at radius 1 is 0.900 bits per heavy atom. The molecule has 0 unspecified atom stereocenters. The first-order chi connectivity index (χ1) is 3.73. The van der Waals surface area contributed by atoms with Gasteiger partial charge in [-0.3, -0.25) is 0 Å². The smallest absolute Gasteiger partial charge is 1.00 e. The van der Waals surface area contributed by atoms with Crippen LogP contribution in [0.5, 0.6) is 0 Å². The van der Waals surface area contributed by atoms with Gasteiger partial charge >= 0.3 is 35.2 Å². The largest absolute Gasteiger partial charge is 1.00 e. The Morgan fingerprint density at radius 3 is 0.900 bits per heavy atom. The van der Waals surface area contributed by atoms with E-state index in [9.17, 15) is 0 Å². The Balaban J connectivity index is -0.0000000383. The van der Waals surface area contributed by atoms with E-state index < -0.39 is 16.4 Å². The van der Waals surface area contributed by atoms with Gasteiger partial charge in [0.05, 0.1) is 0 Å². The molecule has 0 saturated carbocycles. The molecule has 0 aliphatic rings. The van der Waals surface area contributed by atoms with Gasteiger partial charge in [-0.1, -0.05) is 0 Å². The van der Waals surface area contributed by atoms with Gasteiger partial charge in [-0.05, 0) is 0 Å². The summed E-state index contributed by atoms with van der Waals surface area (Å²) >= 11 is 0. The zero-order valence-corrected chi connectivity index (χ0v) is 6.21. The van der Waals surface area contributed by atoms with Crippen molar-refractivity contribution in [3.63, 3.8) is 0 Å². The van der Waals surface area contributed by atoms with Crippen LogP contribution < -0.4 is 18.9 Å². The molecule has 10 heavy (non-hydrogen) atoms. The van der Waals surface area contributed by atoms with Crippen LogP contribution in [0.4, 0.5) is 0 Å². The van der Waals surface area contributed by atoms with Crippen LogP contribution in [0.3, 0.4) is 0 Å². The minimum Gasteiger partial charge on any atom is -1.00 e. The molecule has 0 heterocycles. The van der Waals surface area contributed by atoms with Gasteiger partial charge in [-0.15, -0.1) is 0 Å². The average Bonchev–Trinajstić information content (AvgIpc) is 1.19. The second kappa shape index (κ2) is 7.70. The van der Waals surface area contributed by atoms with Gasteiger partial charge in [-0.25, -0.2) is 0 Å². The molecule has 7 N–H and O–H groups in total. The maximum atomic E-state index is 7.33. The first kappa shape index (κ1) is 16.9. The van der Waals surface area contributed by atoms with Crippen LogP contribution in [0.25, 0.3) is 0 Å². The minimum absolute atomic E-state index is 0. The van der Waals surface area contributed by atoms with E-state index in [2.05, 4.69) is 0 Å². The Morgan fingerprint density at radius 2 is 0.900 bits per heavy atom. The zero-order valence-electron chi connectivity index (χ0n) is 6.21. The fraction of sp³-hybridized carbons (Fsp3) is 0. The summed E-state index contributed by atoms with van der Waals surface area (Å²) in [5.74, 6) is 0. The molecule has 0 rings (SSSR count). The summed E-state index contributed by atoms with van der Waals surface area (Å²) in [5, 5.41) is 21.5. The molecule has 0 amide bonds. The van der Waals surface area contributed by atoms with Crippen LogP contribution in [0.1, 0.15) is 1.43 Å². The summed E-state index contributed by atoms with van der Waals surface area (Å²) in [6.07, 6.45) is 0. The van der Waals surface area contributed by atoms with E-state index in [1.165, 1.54) is 0 Å². The Hall–Kier alpha value is 0.599. The normalized spacial score (nSPS) is 8.70. The molecule has 0 atom stereocenters. The second-order valence-electron chi connectivity index (χ2n) is 0.946. The molecule has 0 aromatic heterocycles. The van der Waals surface area contributed by atoms with Gasteiger partial charge in [0.1, 0.15) is 0 Å². The molecule has 0 aromatic rings. The molecule has 0 aromatic carbocycles.